The highest BCUT2D eigenvalue weighted by Gasteiger charge is 2.23. The van der Waals surface area contributed by atoms with Crippen molar-refractivity contribution in [2.75, 3.05) is 31.1 Å². The van der Waals surface area contributed by atoms with Crippen molar-refractivity contribution in [3.05, 3.63) is 53.1 Å². The number of amides is 1. The average Bonchev–Trinajstić information content (AvgIpc) is 3.22. The number of fused-ring (bicyclic) bond motifs is 1. The van der Waals surface area contributed by atoms with Gasteiger partial charge >= 0.3 is 0 Å². The molecule has 0 atom stereocenters. The summed E-state index contributed by atoms with van der Waals surface area (Å²) in [5.74, 6) is -0.0263. The van der Waals surface area contributed by atoms with E-state index >= 15 is 0 Å². The number of H-pyrrole nitrogens is 1. The number of aromatic nitrogens is 4. The van der Waals surface area contributed by atoms with E-state index in [1.165, 1.54) is 6.33 Å². The van der Waals surface area contributed by atoms with Gasteiger partial charge in [0, 0.05) is 37.9 Å². The first-order valence-electron chi connectivity index (χ1n) is 9.08. The van der Waals surface area contributed by atoms with Crippen molar-refractivity contribution in [2.24, 2.45) is 0 Å². The lowest BCUT2D eigenvalue weighted by Gasteiger charge is -2.36. The van der Waals surface area contributed by atoms with Crippen molar-refractivity contribution < 1.29 is 4.79 Å². The number of hydrogen-bond acceptors (Lipinski definition) is 5. The second-order valence-electron chi connectivity index (χ2n) is 7.00. The van der Waals surface area contributed by atoms with Gasteiger partial charge in [0.1, 0.15) is 5.69 Å². The lowest BCUT2D eigenvalue weighted by Crippen LogP contribution is -2.48. The fourth-order valence-corrected chi connectivity index (χ4v) is 3.40. The van der Waals surface area contributed by atoms with Gasteiger partial charge in [-0.25, -0.2) is 9.97 Å². The zero-order valence-corrected chi connectivity index (χ0v) is 15.4. The Bertz CT molecular complexity index is 1020. The molecule has 4 rings (SSSR count). The number of piperazine rings is 1. The van der Waals surface area contributed by atoms with Crippen LogP contribution in [-0.2, 0) is 0 Å². The monoisotopic (exact) mass is 366 g/mol. The van der Waals surface area contributed by atoms with Gasteiger partial charge in [0.2, 0.25) is 0 Å². The second kappa shape index (κ2) is 6.86. The first kappa shape index (κ1) is 17.3. The van der Waals surface area contributed by atoms with Gasteiger partial charge in [-0.15, -0.1) is 0 Å². The molecule has 1 N–H and O–H groups in total. The van der Waals surface area contributed by atoms with E-state index in [1.807, 2.05) is 36.9 Å². The van der Waals surface area contributed by atoms with Gasteiger partial charge in [-0.3, -0.25) is 14.2 Å². The molecule has 8 nitrogen and oxygen atoms in total. The summed E-state index contributed by atoms with van der Waals surface area (Å²) >= 11 is 0. The van der Waals surface area contributed by atoms with E-state index < -0.39 is 0 Å². The number of nitrogens with one attached hydrogen (secondary N) is 1. The van der Waals surface area contributed by atoms with Crippen molar-refractivity contribution >= 4 is 22.5 Å². The topological polar surface area (TPSA) is 87.1 Å². The van der Waals surface area contributed by atoms with E-state index in [-0.39, 0.29) is 17.5 Å². The molecule has 3 heterocycles. The molecule has 1 aliphatic rings. The third-order valence-corrected chi connectivity index (χ3v) is 4.98. The van der Waals surface area contributed by atoms with E-state index in [0.29, 0.717) is 29.7 Å². The van der Waals surface area contributed by atoms with E-state index in [1.54, 1.807) is 17.1 Å². The molecular formula is C19H22N6O2. The Morgan fingerprint density at radius 3 is 2.63 bits per heavy atom. The average molecular weight is 366 g/mol. The van der Waals surface area contributed by atoms with Crippen LogP contribution in [0.3, 0.4) is 0 Å². The summed E-state index contributed by atoms with van der Waals surface area (Å²) < 4.78 is 1.64. The minimum atomic E-state index is -0.0263. The third-order valence-electron chi connectivity index (χ3n) is 4.98. The summed E-state index contributed by atoms with van der Waals surface area (Å²) in [7, 11) is 0. The van der Waals surface area contributed by atoms with Crippen LogP contribution < -0.4 is 10.5 Å². The normalized spacial score (nSPS) is 14.9. The first-order valence-corrected chi connectivity index (χ1v) is 9.08. The predicted octanol–water partition coefficient (Wildman–Crippen LogP) is 1.66. The maximum absolute atomic E-state index is 12.5. The van der Waals surface area contributed by atoms with Crippen molar-refractivity contribution in [2.45, 2.75) is 19.9 Å². The van der Waals surface area contributed by atoms with Gasteiger partial charge in [-0.1, -0.05) is 0 Å². The third kappa shape index (κ3) is 3.18. The molecule has 140 valence electrons. The summed E-state index contributed by atoms with van der Waals surface area (Å²) in [6.45, 7) is 6.67. The number of carbonyl (C=O) groups is 1. The lowest BCUT2D eigenvalue weighted by molar-refractivity contribution is 0.0741. The zero-order valence-electron chi connectivity index (χ0n) is 15.4. The molecule has 1 amide bonds. The Balaban J connectivity index is 1.51. The molecular weight excluding hydrogens is 344 g/mol. The van der Waals surface area contributed by atoms with Crippen LogP contribution in [0.25, 0.3) is 10.9 Å². The van der Waals surface area contributed by atoms with Crippen molar-refractivity contribution in [3.8, 4) is 0 Å². The number of hydrogen-bond donors (Lipinski definition) is 1. The molecule has 1 aromatic carbocycles. The highest BCUT2D eigenvalue weighted by molar-refractivity contribution is 5.92. The van der Waals surface area contributed by atoms with Gasteiger partial charge in [-0.2, -0.15) is 0 Å². The van der Waals surface area contributed by atoms with Crippen LogP contribution in [0, 0.1) is 0 Å². The molecule has 1 fully saturated rings. The van der Waals surface area contributed by atoms with Gasteiger partial charge in [0.05, 0.1) is 29.8 Å². The molecule has 3 aromatic rings. The maximum Gasteiger partial charge on any atom is 0.272 e. The summed E-state index contributed by atoms with van der Waals surface area (Å²) in [5.41, 5.74) is 2.21. The molecule has 27 heavy (non-hydrogen) atoms. The highest BCUT2D eigenvalue weighted by atomic mass is 16.2. The molecule has 0 saturated carbocycles. The van der Waals surface area contributed by atoms with Crippen LogP contribution in [0.1, 0.15) is 30.4 Å². The number of anilines is 1. The Hall–Kier alpha value is -3.16. The Labute approximate surface area is 156 Å². The van der Waals surface area contributed by atoms with E-state index in [4.69, 9.17) is 0 Å². The molecule has 0 aliphatic carbocycles. The van der Waals surface area contributed by atoms with Crippen LogP contribution in [0.2, 0.25) is 0 Å². The Kier molecular flexibility index (Phi) is 4.39. The SMILES string of the molecule is CC(C)n1cnc2cc(N3CCN(C(=O)c4cnc[nH]4)CC3)ccc2c1=O. The van der Waals surface area contributed by atoms with Crippen molar-refractivity contribution in [1.29, 1.82) is 0 Å². The van der Waals surface area contributed by atoms with Gasteiger partial charge in [0.15, 0.2) is 0 Å². The van der Waals surface area contributed by atoms with Crippen LogP contribution in [0.4, 0.5) is 5.69 Å². The number of rotatable bonds is 3. The fourth-order valence-electron chi connectivity index (χ4n) is 3.40. The molecule has 0 spiro atoms. The summed E-state index contributed by atoms with van der Waals surface area (Å²) in [6, 6.07) is 5.84. The molecule has 2 aromatic heterocycles. The van der Waals surface area contributed by atoms with Crippen LogP contribution in [-0.4, -0.2) is 56.5 Å². The number of imidazole rings is 1. The first-order chi connectivity index (χ1) is 13.0. The number of benzene rings is 1. The summed E-state index contributed by atoms with van der Waals surface area (Å²) in [4.78, 5) is 40.2. The van der Waals surface area contributed by atoms with Crippen molar-refractivity contribution in [1.82, 2.24) is 24.4 Å². The molecule has 0 bridgehead atoms. The predicted molar refractivity (Wildman–Crippen MR) is 103 cm³/mol. The molecule has 8 heteroatoms. The van der Waals surface area contributed by atoms with E-state index in [2.05, 4.69) is 19.9 Å². The van der Waals surface area contributed by atoms with Gasteiger partial charge in [-0.05, 0) is 32.0 Å². The smallest absolute Gasteiger partial charge is 0.272 e. The largest absolute Gasteiger partial charge is 0.368 e. The molecule has 0 radical (unpaired) electrons. The standard InChI is InChI=1S/C19H22N6O2/c1-13(2)25-12-22-16-9-14(3-4-15(16)18(25)26)23-5-7-24(8-6-23)19(27)17-10-20-11-21-17/h3-4,9-13H,5-8H2,1-2H3,(H,20,21). The van der Waals surface area contributed by atoms with Crippen LogP contribution in [0.15, 0.2) is 41.8 Å². The van der Waals surface area contributed by atoms with Crippen LogP contribution >= 0.6 is 0 Å². The minimum Gasteiger partial charge on any atom is -0.368 e. The molecule has 1 aliphatic heterocycles. The lowest BCUT2D eigenvalue weighted by atomic mass is 10.2. The van der Waals surface area contributed by atoms with E-state index in [9.17, 15) is 9.59 Å². The van der Waals surface area contributed by atoms with Gasteiger partial charge in [0.25, 0.3) is 11.5 Å². The number of aromatic amines is 1. The van der Waals surface area contributed by atoms with E-state index in [0.717, 1.165) is 18.8 Å². The quantitative estimate of drug-likeness (QED) is 0.762. The highest BCUT2D eigenvalue weighted by Crippen LogP contribution is 2.21. The zero-order chi connectivity index (χ0) is 19.0. The Morgan fingerprint density at radius 2 is 1.96 bits per heavy atom. The number of carbonyl (C=O) groups excluding carboxylic acids is 1. The second-order valence-corrected chi connectivity index (χ2v) is 7.00. The van der Waals surface area contributed by atoms with Crippen LogP contribution in [0.5, 0.6) is 0 Å². The minimum absolute atomic E-state index is 0.0171. The fraction of sp³-hybridized carbons (Fsp3) is 0.368. The summed E-state index contributed by atoms with van der Waals surface area (Å²) in [5, 5.41) is 0.628. The Morgan fingerprint density at radius 1 is 1.19 bits per heavy atom. The maximum atomic E-state index is 12.5. The molecule has 1 saturated heterocycles. The number of nitrogens with zero attached hydrogens (tertiary/aromatic N) is 5. The van der Waals surface area contributed by atoms with Gasteiger partial charge < -0.3 is 14.8 Å². The summed E-state index contributed by atoms with van der Waals surface area (Å²) in [6.07, 6.45) is 4.67. The molecule has 0 unspecified atom stereocenters. The van der Waals surface area contributed by atoms with Crippen molar-refractivity contribution in [3.63, 3.8) is 0 Å².